The van der Waals surface area contributed by atoms with E-state index in [1.165, 1.54) is 5.69 Å². The molecule has 0 unspecified atom stereocenters. The number of nitrogens with zero attached hydrogens (tertiary/aromatic N) is 4. The van der Waals surface area contributed by atoms with E-state index in [-0.39, 0.29) is 0 Å². The molecule has 0 aliphatic carbocycles. The molecule has 0 bridgehead atoms. The first-order chi connectivity index (χ1) is 8.95. The number of hydrogen-bond acceptors (Lipinski definition) is 3. The van der Waals surface area contributed by atoms with Crippen molar-refractivity contribution in [2.75, 3.05) is 5.32 Å². The van der Waals surface area contributed by atoms with E-state index < -0.39 is 0 Å². The van der Waals surface area contributed by atoms with Gasteiger partial charge in [0, 0.05) is 19.8 Å². The third-order valence-corrected chi connectivity index (χ3v) is 3.06. The molecule has 5 heteroatoms. The van der Waals surface area contributed by atoms with Crippen molar-refractivity contribution >= 4 is 5.69 Å². The van der Waals surface area contributed by atoms with E-state index in [0.717, 1.165) is 30.2 Å². The molecule has 0 aliphatic rings. The molecule has 0 fully saturated rings. The Morgan fingerprint density at radius 1 is 1.26 bits per heavy atom. The van der Waals surface area contributed by atoms with Crippen molar-refractivity contribution in [1.82, 2.24) is 19.6 Å². The van der Waals surface area contributed by atoms with Crippen LogP contribution in [0.4, 0.5) is 5.69 Å². The van der Waals surface area contributed by atoms with Crippen LogP contribution in [0.25, 0.3) is 0 Å². The van der Waals surface area contributed by atoms with Gasteiger partial charge in [-0.25, -0.2) is 0 Å². The lowest BCUT2D eigenvalue weighted by atomic mass is 10.2. The van der Waals surface area contributed by atoms with Gasteiger partial charge in [-0.3, -0.25) is 9.36 Å². The van der Waals surface area contributed by atoms with Crippen molar-refractivity contribution in [3.05, 3.63) is 29.3 Å². The zero-order valence-electron chi connectivity index (χ0n) is 12.4. The highest BCUT2D eigenvalue weighted by Crippen LogP contribution is 2.15. The van der Waals surface area contributed by atoms with Crippen molar-refractivity contribution in [2.24, 2.45) is 13.0 Å². The Bertz CT molecular complexity index is 550. The van der Waals surface area contributed by atoms with Gasteiger partial charge >= 0.3 is 0 Å². The molecule has 1 N–H and O–H groups in total. The van der Waals surface area contributed by atoms with Crippen LogP contribution in [-0.2, 0) is 20.1 Å². The molecular formula is C14H23N5. The fourth-order valence-electron chi connectivity index (χ4n) is 2.17. The van der Waals surface area contributed by atoms with Gasteiger partial charge in [0.2, 0.25) is 0 Å². The predicted molar refractivity (Wildman–Crippen MR) is 77.1 cm³/mol. The monoisotopic (exact) mass is 261 g/mol. The molecule has 5 nitrogen and oxygen atoms in total. The van der Waals surface area contributed by atoms with Crippen molar-refractivity contribution in [2.45, 2.75) is 40.8 Å². The van der Waals surface area contributed by atoms with E-state index in [4.69, 9.17) is 0 Å². The van der Waals surface area contributed by atoms with Gasteiger partial charge in [0.15, 0.2) is 0 Å². The zero-order chi connectivity index (χ0) is 14.0. The summed E-state index contributed by atoms with van der Waals surface area (Å²) in [5, 5.41) is 12.3. The van der Waals surface area contributed by atoms with E-state index in [0.29, 0.717) is 5.92 Å². The van der Waals surface area contributed by atoms with Crippen molar-refractivity contribution in [3.8, 4) is 0 Å². The first kappa shape index (κ1) is 13.6. The summed E-state index contributed by atoms with van der Waals surface area (Å²) in [6.45, 7) is 10.2. The van der Waals surface area contributed by atoms with Crippen molar-refractivity contribution in [3.63, 3.8) is 0 Å². The number of aromatic nitrogens is 4. The highest BCUT2D eigenvalue weighted by atomic mass is 15.3. The minimum Gasteiger partial charge on any atom is -0.377 e. The maximum Gasteiger partial charge on any atom is 0.0825 e. The standard InChI is InChI=1S/C14H23N5/c1-10(2)8-19-9-14(12(4)17-19)15-7-13-6-11(3)16-18(13)5/h6,9-10,15H,7-8H2,1-5H3. The van der Waals surface area contributed by atoms with Crippen LogP contribution in [0.15, 0.2) is 12.3 Å². The van der Waals surface area contributed by atoms with Crippen LogP contribution in [0.1, 0.15) is 30.9 Å². The van der Waals surface area contributed by atoms with Gasteiger partial charge < -0.3 is 5.32 Å². The van der Waals surface area contributed by atoms with Crippen LogP contribution in [0.2, 0.25) is 0 Å². The maximum atomic E-state index is 4.52. The summed E-state index contributed by atoms with van der Waals surface area (Å²) in [5.41, 5.74) is 4.36. The SMILES string of the molecule is Cc1cc(CNc2cn(CC(C)C)nc2C)n(C)n1. The Kier molecular flexibility index (Phi) is 3.93. The smallest absolute Gasteiger partial charge is 0.0825 e. The normalized spacial score (nSPS) is 11.3. The molecule has 104 valence electrons. The van der Waals surface area contributed by atoms with E-state index in [9.17, 15) is 0 Å². The third-order valence-electron chi connectivity index (χ3n) is 3.06. The fourth-order valence-corrected chi connectivity index (χ4v) is 2.17. The molecule has 0 atom stereocenters. The lowest BCUT2D eigenvalue weighted by Gasteiger charge is -2.05. The third kappa shape index (κ3) is 3.36. The number of aryl methyl sites for hydroxylation is 3. The molecule has 2 aromatic rings. The molecule has 0 radical (unpaired) electrons. The first-order valence-electron chi connectivity index (χ1n) is 6.73. The number of anilines is 1. The second-order valence-electron chi connectivity index (χ2n) is 5.50. The summed E-state index contributed by atoms with van der Waals surface area (Å²) < 4.78 is 3.92. The summed E-state index contributed by atoms with van der Waals surface area (Å²) >= 11 is 0. The summed E-state index contributed by atoms with van der Waals surface area (Å²) in [7, 11) is 1.97. The molecule has 2 heterocycles. The molecule has 0 amide bonds. The molecule has 0 spiro atoms. The fraction of sp³-hybridized carbons (Fsp3) is 0.571. The highest BCUT2D eigenvalue weighted by Gasteiger charge is 2.07. The maximum absolute atomic E-state index is 4.52. The van der Waals surface area contributed by atoms with Gasteiger partial charge in [-0.05, 0) is 25.8 Å². The van der Waals surface area contributed by atoms with Gasteiger partial charge in [-0.15, -0.1) is 0 Å². The number of hydrogen-bond donors (Lipinski definition) is 1. The van der Waals surface area contributed by atoms with E-state index in [1.807, 2.05) is 30.3 Å². The number of nitrogens with one attached hydrogen (secondary N) is 1. The Morgan fingerprint density at radius 2 is 2.00 bits per heavy atom. The Morgan fingerprint density at radius 3 is 2.58 bits per heavy atom. The molecule has 2 aromatic heterocycles. The van der Waals surface area contributed by atoms with Crippen LogP contribution in [0.3, 0.4) is 0 Å². The van der Waals surface area contributed by atoms with Gasteiger partial charge in [0.25, 0.3) is 0 Å². The van der Waals surface area contributed by atoms with Crippen LogP contribution < -0.4 is 5.32 Å². The number of rotatable bonds is 5. The molecule has 2 rings (SSSR count). The van der Waals surface area contributed by atoms with Gasteiger partial charge in [-0.1, -0.05) is 13.8 Å². The predicted octanol–water partition coefficient (Wildman–Crippen LogP) is 2.50. The van der Waals surface area contributed by atoms with Crippen molar-refractivity contribution < 1.29 is 0 Å². The van der Waals surface area contributed by atoms with Gasteiger partial charge in [-0.2, -0.15) is 10.2 Å². The second-order valence-corrected chi connectivity index (χ2v) is 5.50. The van der Waals surface area contributed by atoms with Crippen LogP contribution in [0.5, 0.6) is 0 Å². The van der Waals surface area contributed by atoms with Gasteiger partial charge in [0.1, 0.15) is 0 Å². The summed E-state index contributed by atoms with van der Waals surface area (Å²) in [4.78, 5) is 0. The first-order valence-corrected chi connectivity index (χ1v) is 6.73. The summed E-state index contributed by atoms with van der Waals surface area (Å²) in [6, 6.07) is 2.10. The van der Waals surface area contributed by atoms with Crippen LogP contribution >= 0.6 is 0 Å². The zero-order valence-corrected chi connectivity index (χ0v) is 12.4. The largest absolute Gasteiger partial charge is 0.377 e. The quantitative estimate of drug-likeness (QED) is 0.899. The minimum atomic E-state index is 0.604. The van der Waals surface area contributed by atoms with E-state index >= 15 is 0 Å². The molecule has 0 aliphatic heterocycles. The average Bonchev–Trinajstić information content (AvgIpc) is 2.78. The summed E-state index contributed by atoms with van der Waals surface area (Å²) in [5.74, 6) is 0.604. The van der Waals surface area contributed by atoms with Crippen LogP contribution in [0, 0.1) is 19.8 Å². The Labute approximate surface area is 114 Å². The average molecular weight is 261 g/mol. The highest BCUT2D eigenvalue weighted by molar-refractivity contribution is 5.45. The molecule has 0 aromatic carbocycles. The summed E-state index contributed by atoms with van der Waals surface area (Å²) in [6.07, 6.45) is 2.08. The molecule has 0 saturated heterocycles. The van der Waals surface area contributed by atoms with Gasteiger partial charge in [0.05, 0.1) is 29.3 Å². The Balaban J connectivity index is 2.03. The molecule has 0 saturated carbocycles. The topological polar surface area (TPSA) is 47.7 Å². The van der Waals surface area contributed by atoms with E-state index in [1.54, 1.807) is 0 Å². The lowest BCUT2D eigenvalue weighted by molar-refractivity contribution is 0.481. The molecule has 19 heavy (non-hydrogen) atoms. The van der Waals surface area contributed by atoms with E-state index in [2.05, 4.69) is 41.6 Å². The minimum absolute atomic E-state index is 0.604. The molecular weight excluding hydrogens is 238 g/mol. The Hall–Kier alpha value is -1.78. The van der Waals surface area contributed by atoms with Crippen LogP contribution in [-0.4, -0.2) is 19.6 Å². The van der Waals surface area contributed by atoms with Crippen molar-refractivity contribution in [1.29, 1.82) is 0 Å². The lowest BCUT2D eigenvalue weighted by Crippen LogP contribution is -2.06. The second kappa shape index (κ2) is 5.47.